The molecular weight excluding hydrogens is 460 g/mol. The summed E-state index contributed by atoms with van der Waals surface area (Å²) in [6.07, 6.45) is 4.85. The molecule has 0 spiro atoms. The predicted octanol–water partition coefficient (Wildman–Crippen LogP) is -0.742. The molecule has 1 aliphatic heterocycles. The molecule has 1 heterocycles. The first kappa shape index (κ1) is 28.0. The Morgan fingerprint density at radius 1 is 0.906 bits per heavy atom. The zero-order valence-electron chi connectivity index (χ0n) is 18.2. The van der Waals surface area contributed by atoms with Crippen molar-refractivity contribution >= 4 is 53.2 Å². The third-order valence-electron chi connectivity index (χ3n) is 4.86. The lowest BCUT2D eigenvalue weighted by Gasteiger charge is -2.24. The van der Waals surface area contributed by atoms with Gasteiger partial charge in [-0.3, -0.25) is 19.2 Å². The lowest BCUT2D eigenvalue weighted by atomic mass is 10.1. The molecule has 1 saturated heterocycles. The summed E-state index contributed by atoms with van der Waals surface area (Å²) in [5, 5.41) is 28.9. The lowest BCUT2D eigenvalue weighted by Crippen LogP contribution is -2.57. The third-order valence-corrected chi connectivity index (χ3v) is 6.15. The van der Waals surface area contributed by atoms with Gasteiger partial charge < -0.3 is 31.5 Å². The number of carboxylic acids is 2. The highest BCUT2D eigenvalue weighted by molar-refractivity contribution is 7.98. The molecule has 6 N–H and O–H groups in total. The Bertz CT molecular complexity index is 674. The molecular formula is C19H32N4O7S2. The Labute approximate surface area is 195 Å². The minimum atomic E-state index is -1.48. The minimum absolute atomic E-state index is 0.150. The number of rotatable bonds is 15. The Morgan fingerprint density at radius 2 is 1.47 bits per heavy atom. The number of hydrogen-bond acceptors (Lipinski definition) is 8. The van der Waals surface area contributed by atoms with Gasteiger partial charge in [0.2, 0.25) is 17.7 Å². The fourth-order valence-corrected chi connectivity index (χ4v) is 4.05. The zero-order chi connectivity index (χ0) is 24.1. The van der Waals surface area contributed by atoms with E-state index in [1.807, 2.05) is 6.26 Å². The highest BCUT2D eigenvalue weighted by Crippen LogP contribution is 2.08. The van der Waals surface area contributed by atoms with Crippen molar-refractivity contribution in [3.8, 4) is 0 Å². The molecule has 1 fully saturated rings. The van der Waals surface area contributed by atoms with Crippen LogP contribution in [0, 0.1) is 0 Å². The Kier molecular flexibility index (Phi) is 13.1. The summed E-state index contributed by atoms with van der Waals surface area (Å²) in [5.74, 6) is -3.47. The summed E-state index contributed by atoms with van der Waals surface area (Å²) in [7, 11) is 0. The lowest BCUT2D eigenvalue weighted by molar-refractivity contribution is -0.143. The maximum absolute atomic E-state index is 12.8. The molecule has 0 radical (unpaired) electrons. The van der Waals surface area contributed by atoms with Crippen LogP contribution < -0.4 is 21.3 Å². The van der Waals surface area contributed by atoms with Crippen molar-refractivity contribution in [2.24, 2.45) is 0 Å². The van der Waals surface area contributed by atoms with Crippen LogP contribution in [0.15, 0.2) is 0 Å². The van der Waals surface area contributed by atoms with E-state index in [1.54, 1.807) is 6.26 Å². The highest BCUT2D eigenvalue weighted by Gasteiger charge is 2.32. The van der Waals surface area contributed by atoms with Crippen LogP contribution >= 0.6 is 23.5 Å². The van der Waals surface area contributed by atoms with E-state index in [-0.39, 0.29) is 12.3 Å². The van der Waals surface area contributed by atoms with Crippen LogP contribution in [0.1, 0.15) is 32.1 Å². The van der Waals surface area contributed by atoms with Crippen molar-refractivity contribution in [3.63, 3.8) is 0 Å². The molecule has 182 valence electrons. The van der Waals surface area contributed by atoms with E-state index in [9.17, 15) is 29.1 Å². The van der Waals surface area contributed by atoms with Crippen molar-refractivity contribution in [3.05, 3.63) is 0 Å². The molecule has 4 atom stereocenters. The monoisotopic (exact) mass is 492 g/mol. The first-order valence-corrected chi connectivity index (χ1v) is 13.0. The van der Waals surface area contributed by atoms with Gasteiger partial charge in [-0.1, -0.05) is 0 Å². The van der Waals surface area contributed by atoms with Crippen LogP contribution in [-0.4, -0.2) is 94.6 Å². The Hall–Kier alpha value is -1.99. The average Bonchev–Trinajstić information content (AvgIpc) is 3.27. The largest absolute Gasteiger partial charge is 0.481 e. The summed E-state index contributed by atoms with van der Waals surface area (Å²) in [4.78, 5) is 60.5. The number of carbonyl (C=O) groups is 5. The highest BCUT2D eigenvalue weighted by atomic mass is 32.2. The third kappa shape index (κ3) is 10.1. The topological polar surface area (TPSA) is 174 Å². The van der Waals surface area contributed by atoms with E-state index in [4.69, 9.17) is 5.11 Å². The SMILES string of the molecule is CSCCC(NC(=O)C(CC(=O)O)NC(=O)C(CCSC)NC(=O)C1CCCN1)C(=O)O. The van der Waals surface area contributed by atoms with Gasteiger partial charge in [0.1, 0.15) is 18.1 Å². The first-order chi connectivity index (χ1) is 15.2. The van der Waals surface area contributed by atoms with Crippen molar-refractivity contribution in [2.45, 2.75) is 56.3 Å². The van der Waals surface area contributed by atoms with Gasteiger partial charge >= 0.3 is 11.9 Å². The van der Waals surface area contributed by atoms with E-state index in [0.717, 1.165) is 6.42 Å². The molecule has 0 aromatic heterocycles. The number of carbonyl (C=O) groups excluding carboxylic acids is 3. The van der Waals surface area contributed by atoms with Crippen molar-refractivity contribution in [1.82, 2.24) is 21.3 Å². The number of carboxylic acid groups (broad SMARTS) is 2. The molecule has 32 heavy (non-hydrogen) atoms. The van der Waals surface area contributed by atoms with E-state index in [0.29, 0.717) is 30.9 Å². The van der Waals surface area contributed by atoms with Gasteiger partial charge in [0.25, 0.3) is 0 Å². The van der Waals surface area contributed by atoms with Gasteiger partial charge in [-0.2, -0.15) is 23.5 Å². The van der Waals surface area contributed by atoms with Crippen molar-refractivity contribution in [1.29, 1.82) is 0 Å². The van der Waals surface area contributed by atoms with Crippen LogP contribution in [0.5, 0.6) is 0 Å². The summed E-state index contributed by atoms with van der Waals surface area (Å²) in [6, 6.07) is -4.03. The van der Waals surface area contributed by atoms with E-state index >= 15 is 0 Å². The fraction of sp³-hybridized carbons (Fsp3) is 0.737. The number of amides is 3. The second kappa shape index (κ2) is 15.0. The van der Waals surface area contributed by atoms with E-state index in [1.165, 1.54) is 23.5 Å². The molecule has 1 aliphatic rings. The maximum atomic E-state index is 12.8. The molecule has 0 saturated carbocycles. The van der Waals surface area contributed by atoms with E-state index < -0.39 is 54.3 Å². The van der Waals surface area contributed by atoms with Gasteiger partial charge in [-0.15, -0.1) is 0 Å². The van der Waals surface area contributed by atoms with Crippen LogP contribution in [0.25, 0.3) is 0 Å². The number of nitrogens with one attached hydrogen (secondary N) is 4. The molecule has 0 bridgehead atoms. The van der Waals surface area contributed by atoms with Crippen LogP contribution in [0.4, 0.5) is 0 Å². The van der Waals surface area contributed by atoms with Gasteiger partial charge in [-0.25, -0.2) is 4.79 Å². The number of hydrogen-bond donors (Lipinski definition) is 6. The van der Waals surface area contributed by atoms with Gasteiger partial charge in [0.15, 0.2) is 0 Å². The second-order valence-electron chi connectivity index (χ2n) is 7.33. The molecule has 13 heteroatoms. The second-order valence-corrected chi connectivity index (χ2v) is 9.30. The maximum Gasteiger partial charge on any atom is 0.326 e. The molecule has 1 rings (SSSR count). The van der Waals surface area contributed by atoms with Crippen molar-refractivity contribution in [2.75, 3.05) is 30.6 Å². The Morgan fingerprint density at radius 3 is 1.97 bits per heavy atom. The molecule has 11 nitrogen and oxygen atoms in total. The molecule has 0 aromatic carbocycles. The Balaban J connectivity index is 2.87. The molecule has 3 amide bonds. The number of thioether (sulfide) groups is 2. The predicted molar refractivity (Wildman–Crippen MR) is 123 cm³/mol. The normalized spacial score (nSPS) is 18.2. The van der Waals surface area contributed by atoms with Gasteiger partial charge in [-0.05, 0) is 56.2 Å². The zero-order valence-corrected chi connectivity index (χ0v) is 19.9. The summed E-state index contributed by atoms with van der Waals surface area (Å²) < 4.78 is 0. The summed E-state index contributed by atoms with van der Waals surface area (Å²) >= 11 is 2.88. The quantitative estimate of drug-likeness (QED) is 0.171. The minimum Gasteiger partial charge on any atom is -0.481 e. The van der Waals surface area contributed by atoms with Crippen LogP contribution in [-0.2, 0) is 24.0 Å². The number of aliphatic carboxylic acids is 2. The summed E-state index contributed by atoms with van der Waals surface area (Å²) in [6.45, 7) is 0.710. The average molecular weight is 493 g/mol. The smallest absolute Gasteiger partial charge is 0.326 e. The fourth-order valence-electron chi connectivity index (χ4n) is 3.11. The van der Waals surface area contributed by atoms with E-state index in [2.05, 4.69) is 21.3 Å². The molecule has 0 aliphatic carbocycles. The van der Waals surface area contributed by atoms with Gasteiger partial charge in [0, 0.05) is 0 Å². The van der Waals surface area contributed by atoms with Gasteiger partial charge in [0.05, 0.1) is 12.5 Å². The standard InChI is InChI=1S/C19H32N4O7S2/c1-31-8-5-12(21-16(26)11-4-3-7-20-11)17(27)23-14(10-15(24)25)18(28)22-13(19(29)30)6-9-32-2/h11-14,20H,3-10H2,1-2H3,(H,21,26)(H,22,28)(H,23,27)(H,24,25)(H,29,30). The van der Waals surface area contributed by atoms with Crippen LogP contribution in [0.2, 0.25) is 0 Å². The molecule has 0 aromatic rings. The molecule has 4 unspecified atom stereocenters. The van der Waals surface area contributed by atoms with Crippen molar-refractivity contribution < 1.29 is 34.2 Å². The first-order valence-electron chi connectivity index (χ1n) is 10.3. The van der Waals surface area contributed by atoms with Crippen LogP contribution in [0.3, 0.4) is 0 Å². The summed E-state index contributed by atoms with van der Waals surface area (Å²) in [5.41, 5.74) is 0.